The Morgan fingerprint density at radius 2 is 2.25 bits per heavy atom. The molecule has 2 heterocycles. The van der Waals surface area contributed by atoms with Crippen molar-refractivity contribution in [2.24, 2.45) is 0 Å². The van der Waals surface area contributed by atoms with E-state index in [0.717, 1.165) is 32.2 Å². The fourth-order valence-electron chi connectivity index (χ4n) is 3.09. The molecule has 2 rings (SSSR count). The third kappa shape index (κ3) is 3.70. The van der Waals surface area contributed by atoms with Gasteiger partial charge in [0, 0.05) is 33.7 Å². The first-order valence-corrected chi connectivity index (χ1v) is 7.24. The lowest BCUT2D eigenvalue weighted by molar-refractivity contribution is -0.138. The molecule has 0 bridgehead atoms. The third-order valence-corrected chi connectivity index (χ3v) is 4.14. The molecule has 0 unspecified atom stereocenters. The van der Waals surface area contributed by atoms with Crippen molar-refractivity contribution in [2.75, 3.05) is 33.4 Å². The van der Waals surface area contributed by atoms with Crippen molar-refractivity contribution >= 4 is 11.8 Å². The van der Waals surface area contributed by atoms with Gasteiger partial charge in [-0.1, -0.05) is 0 Å². The summed E-state index contributed by atoms with van der Waals surface area (Å²) in [6.45, 7) is 3.66. The predicted molar refractivity (Wildman–Crippen MR) is 73.2 cm³/mol. The van der Waals surface area contributed by atoms with Crippen LogP contribution in [0.5, 0.6) is 0 Å². The summed E-state index contributed by atoms with van der Waals surface area (Å²) >= 11 is 0. The van der Waals surface area contributed by atoms with Crippen LogP contribution < -0.4 is 5.32 Å². The number of likely N-dealkylation sites (tertiary alicyclic amines) is 1. The summed E-state index contributed by atoms with van der Waals surface area (Å²) < 4.78 is 11.0. The van der Waals surface area contributed by atoms with Crippen LogP contribution in [0.1, 0.15) is 32.6 Å². The Hall–Kier alpha value is -1.14. The molecule has 2 aliphatic rings. The van der Waals surface area contributed by atoms with Gasteiger partial charge in [-0.05, 0) is 25.7 Å². The lowest BCUT2D eigenvalue weighted by Crippen LogP contribution is -2.47. The second-order valence-corrected chi connectivity index (χ2v) is 5.74. The minimum Gasteiger partial charge on any atom is -0.375 e. The molecule has 0 radical (unpaired) electrons. The van der Waals surface area contributed by atoms with Crippen LogP contribution in [-0.4, -0.2) is 61.8 Å². The van der Waals surface area contributed by atoms with Crippen LogP contribution in [0.3, 0.4) is 0 Å². The van der Waals surface area contributed by atoms with Crippen LogP contribution in [0, 0.1) is 0 Å². The number of amides is 2. The van der Waals surface area contributed by atoms with Gasteiger partial charge in [0.05, 0.1) is 11.7 Å². The maximum absolute atomic E-state index is 11.4. The van der Waals surface area contributed by atoms with Gasteiger partial charge < -0.3 is 19.7 Å². The van der Waals surface area contributed by atoms with Crippen LogP contribution in [0.15, 0.2) is 0 Å². The van der Waals surface area contributed by atoms with E-state index in [-0.39, 0.29) is 30.1 Å². The molecule has 2 atom stereocenters. The summed E-state index contributed by atoms with van der Waals surface area (Å²) in [5.41, 5.74) is -0.194. The van der Waals surface area contributed by atoms with Crippen LogP contribution >= 0.6 is 0 Å². The Morgan fingerprint density at radius 1 is 1.45 bits per heavy atom. The molecule has 6 nitrogen and oxygen atoms in total. The van der Waals surface area contributed by atoms with Crippen molar-refractivity contribution in [1.29, 1.82) is 0 Å². The first-order chi connectivity index (χ1) is 9.54. The summed E-state index contributed by atoms with van der Waals surface area (Å²) in [6, 6.07) is 0. The number of hydrogen-bond donors (Lipinski definition) is 1. The molecule has 0 aromatic rings. The highest BCUT2D eigenvalue weighted by molar-refractivity contribution is 5.77. The van der Waals surface area contributed by atoms with E-state index in [1.807, 2.05) is 4.90 Å². The first kappa shape index (κ1) is 15.3. The molecule has 2 aliphatic heterocycles. The Morgan fingerprint density at radius 3 is 2.90 bits per heavy atom. The second-order valence-electron chi connectivity index (χ2n) is 5.74. The van der Waals surface area contributed by atoms with Crippen molar-refractivity contribution in [3.05, 3.63) is 0 Å². The van der Waals surface area contributed by atoms with Gasteiger partial charge in [-0.3, -0.25) is 9.59 Å². The summed E-state index contributed by atoms with van der Waals surface area (Å²) in [6.07, 6.45) is 3.97. The average Bonchev–Trinajstić information content (AvgIpc) is 2.81. The molecule has 0 aromatic heterocycles. The zero-order chi connectivity index (χ0) is 14.6. The molecule has 2 amide bonds. The van der Waals surface area contributed by atoms with E-state index < -0.39 is 0 Å². The SMILES string of the molecule is COCC(=O)NC[C@@H]1CCC[C@]2(CCN(C(C)=O)C2)O1. The third-order valence-electron chi connectivity index (χ3n) is 4.14. The predicted octanol–water partition coefficient (Wildman–Crippen LogP) is 0.309. The van der Waals surface area contributed by atoms with Crippen LogP contribution in [0.4, 0.5) is 0 Å². The van der Waals surface area contributed by atoms with E-state index in [1.54, 1.807) is 6.92 Å². The number of carbonyl (C=O) groups is 2. The molecule has 114 valence electrons. The Labute approximate surface area is 119 Å². The van der Waals surface area contributed by atoms with Crippen LogP contribution in [0.25, 0.3) is 0 Å². The highest BCUT2D eigenvalue weighted by Gasteiger charge is 2.43. The molecule has 0 aliphatic carbocycles. The van der Waals surface area contributed by atoms with Crippen molar-refractivity contribution in [1.82, 2.24) is 10.2 Å². The Bertz CT molecular complexity index is 374. The van der Waals surface area contributed by atoms with E-state index in [2.05, 4.69) is 5.32 Å². The van der Waals surface area contributed by atoms with Gasteiger partial charge in [0.25, 0.3) is 0 Å². The lowest BCUT2D eigenvalue weighted by atomic mass is 9.90. The molecule has 2 saturated heterocycles. The highest BCUT2D eigenvalue weighted by atomic mass is 16.5. The molecule has 1 spiro atoms. The van der Waals surface area contributed by atoms with E-state index in [1.165, 1.54) is 7.11 Å². The zero-order valence-electron chi connectivity index (χ0n) is 12.3. The smallest absolute Gasteiger partial charge is 0.246 e. The molecule has 6 heteroatoms. The van der Waals surface area contributed by atoms with Gasteiger partial charge in [-0.2, -0.15) is 0 Å². The topological polar surface area (TPSA) is 67.9 Å². The van der Waals surface area contributed by atoms with Crippen LogP contribution in [-0.2, 0) is 19.1 Å². The van der Waals surface area contributed by atoms with Gasteiger partial charge in [-0.15, -0.1) is 0 Å². The second kappa shape index (κ2) is 6.54. The number of rotatable bonds is 4. The van der Waals surface area contributed by atoms with Gasteiger partial charge >= 0.3 is 0 Å². The fourth-order valence-corrected chi connectivity index (χ4v) is 3.09. The monoisotopic (exact) mass is 284 g/mol. The number of nitrogens with one attached hydrogen (secondary N) is 1. The lowest BCUT2D eigenvalue weighted by Gasteiger charge is -2.38. The van der Waals surface area contributed by atoms with Gasteiger partial charge in [0.2, 0.25) is 11.8 Å². The first-order valence-electron chi connectivity index (χ1n) is 7.24. The summed E-state index contributed by atoms with van der Waals surface area (Å²) in [7, 11) is 1.50. The molecule has 0 saturated carbocycles. The highest BCUT2D eigenvalue weighted by Crippen LogP contribution is 2.36. The Kier molecular flexibility index (Phi) is 4.99. The van der Waals surface area contributed by atoms with E-state index in [9.17, 15) is 9.59 Å². The van der Waals surface area contributed by atoms with Crippen LogP contribution in [0.2, 0.25) is 0 Å². The summed E-state index contributed by atoms with van der Waals surface area (Å²) in [5, 5.41) is 2.82. The number of ether oxygens (including phenoxy) is 2. The minimum absolute atomic E-state index is 0.0384. The van der Waals surface area contributed by atoms with E-state index >= 15 is 0 Å². The van der Waals surface area contributed by atoms with Gasteiger partial charge in [0.1, 0.15) is 6.61 Å². The molecule has 2 fully saturated rings. The van der Waals surface area contributed by atoms with Gasteiger partial charge in [-0.25, -0.2) is 0 Å². The molecule has 1 N–H and O–H groups in total. The normalized spacial score (nSPS) is 29.7. The Balaban J connectivity index is 1.83. The van der Waals surface area contributed by atoms with Crippen molar-refractivity contribution in [2.45, 2.75) is 44.3 Å². The fraction of sp³-hybridized carbons (Fsp3) is 0.857. The number of nitrogens with zero attached hydrogens (tertiary/aromatic N) is 1. The minimum atomic E-state index is -0.194. The summed E-state index contributed by atoms with van der Waals surface area (Å²) in [5.74, 6) is -0.00602. The largest absolute Gasteiger partial charge is 0.375 e. The average molecular weight is 284 g/mol. The molecular formula is C14H24N2O4. The van der Waals surface area contributed by atoms with E-state index in [4.69, 9.17) is 9.47 Å². The summed E-state index contributed by atoms with van der Waals surface area (Å²) in [4.78, 5) is 24.7. The van der Waals surface area contributed by atoms with Gasteiger partial charge in [0.15, 0.2) is 0 Å². The molecule has 0 aromatic carbocycles. The standard InChI is InChI=1S/C14H24N2O4/c1-11(17)16-7-6-14(10-16)5-3-4-12(20-14)8-15-13(18)9-19-2/h12H,3-10H2,1-2H3,(H,15,18)/t12-,14+/m0/s1. The zero-order valence-corrected chi connectivity index (χ0v) is 12.3. The van der Waals surface area contributed by atoms with Crippen molar-refractivity contribution in [3.8, 4) is 0 Å². The van der Waals surface area contributed by atoms with Crippen molar-refractivity contribution in [3.63, 3.8) is 0 Å². The number of carbonyl (C=O) groups excluding carboxylic acids is 2. The van der Waals surface area contributed by atoms with Crippen molar-refractivity contribution < 1.29 is 19.1 Å². The van der Waals surface area contributed by atoms with E-state index in [0.29, 0.717) is 13.1 Å². The molecule has 20 heavy (non-hydrogen) atoms. The maximum atomic E-state index is 11.4. The number of methoxy groups -OCH3 is 1. The maximum Gasteiger partial charge on any atom is 0.246 e. The quantitative estimate of drug-likeness (QED) is 0.807. The molecular weight excluding hydrogens is 260 g/mol. The number of hydrogen-bond acceptors (Lipinski definition) is 4.